The smallest absolute Gasteiger partial charge is 0.250 e. The molecule has 1 aromatic carbocycles. The maximum absolute atomic E-state index is 11.8. The van der Waals surface area contributed by atoms with Crippen molar-refractivity contribution in [1.82, 2.24) is 4.72 Å². The van der Waals surface area contributed by atoms with Crippen LogP contribution in [0.2, 0.25) is 5.02 Å². The van der Waals surface area contributed by atoms with E-state index in [4.69, 9.17) is 11.6 Å². The van der Waals surface area contributed by atoms with E-state index in [1.165, 1.54) is 6.07 Å². The Morgan fingerprint density at radius 2 is 1.95 bits per heavy atom. The first-order chi connectivity index (χ1) is 9.99. The zero-order valence-electron chi connectivity index (χ0n) is 10.9. The van der Waals surface area contributed by atoms with Gasteiger partial charge >= 0.3 is 0 Å². The summed E-state index contributed by atoms with van der Waals surface area (Å²) in [5.74, 6) is -0.308. The van der Waals surface area contributed by atoms with Crippen LogP contribution >= 0.6 is 22.9 Å². The first-order valence-electron chi connectivity index (χ1n) is 6.06. The summed E-state index contributed by atoms with van der Waals surface area (Å²) in [5.41, 5.74) is 0.505. The summed E-state index contributed by atoms with van der Waals surface area (Å²) >= 11 is 7.04. The number of hydrogen-bond donors (Lipinski definition) is 2. The van der Waals surface area contributed by atoms with E-state index < -0.39 is 10.0 Å². The number of hydrogen-bond acceptors (Lipinski definition) is 4. The van der Waals surface area contributed by atoms with Crippen molar-refractivity contribution < 1.29 is 13.2 Å². The van der Waals surface area contributed by atoms with Crippen molar-refractivity contribution in [1.29, 1.82) is 0 Å². The van der Waals surface area contributed by atoms with Gasteiger partial charge in [-0.15, -0.1) is 11.3 Å². The van der Waals surface area contributed by atoms with Gasteiger partial charge in [0.15, 0.2) is 0 Å². The third kappa shape index (κ3) is 4.53. The average molecular weight is 345 g/mol. The van der Waals surface area contributed by atoms with Crippen LogP contribution in [0.25, 0.3) is 0 Å². The van der Waals surface area contributed by atoms with E-state index in [1.54, 1.807) is 35.7 Å². The molecule has 0 aliphatic rings. The monoisotopic (exact) mass is 344 g/mol. The summed E-state index contributed by atoms with van der Waals surface area (Å²) in [6.07, 6.45) is 0.0236. The van der Waals surface area contributed by atoms with Gasteiger partial charge in [-0.3, -0.25) is 4.79 Å². The first-order valence-corrected chi connectivity index (χ1v) is 8.81. The highest BCUT2D eigenvalue weighted by atomic mass is 35.5. The highest BCUT2D eigenvalue weighted by Gasteiger charge is 2.15. The lowest BCUT2D eigenvalue weighted by Gasteiger charge is -2.07. The molecule has 2 aromatic rings. The maximum Gasteiger partial charge on any atom is 0.250 e. The van der Waals surface area contributed by atoms with E-state index >= 15 is 0 Å². The predicted molar refractivity (Wildman–Crippen MR) is 84.2 cm³/mol. The molecule has 0 fully saturated rings. The number of amides is 1. The van der Waals surface area contributed by atoms with Crippen molar-refractivity contribution >= 4 is 44.6 Å². The lowest BCUT2D eigenvalue weighted by Crippen LogP contribution is -2.27. The van der Waals surface area contributed by atoms with Crippen LogP contribution in [0.1, 0.15) is 6.42 Å². The van der Waals surface area contributed by atoms with Gasteiger partial charge in [-0.1, -0.05) is 29.8 Å². The SMILES string of the molecule is O=C(CCNS(=O)(=O)c1cccs1)Nc1ccccc1Cl. The van der Waals surface area contributed by atoms with Crippen LogP contribution in [0.15, 0.2) is 46.0 Å². The van der Waals surface area contributed by atoms with Crippen LogP contribution < -0.4 is 10.0 Å². The minimum Gasteiger partial charge on any atom is -0.325 e. The third-order valence-corrected chi connectivity index (χ3v) is 5.74. The van der Waals surface area contributed by atoms with Gasteiger partial charge in [0, 0.05) is 13.0 Å². The molecule has 0 radical (unpaired) electrons. The number of anilines is 1. The number of rotatable bonds is 6. The average Bonchev–Trinajstić information content (AvgIpc) is 2.96. The molecule has 0 unspecified atom stereocenters. The van der Waals surface area contributed by atoms with E-state index in [-0.39, 0.29) is 23.1 Å². The van der Waals surface area contributed by atoms with Crippen LogP contribution in [-0.2, 0) is 14.8 Å². The van der Waals surface area contributed by atoms with Crippen molar-refractivity contribution in [2.75, 3.05) is 11.9 Å². The summed E-state index contributed by atoms with van der Waals surface area (Å²) in [4.78, 5) is 11.7. The molecular weight excluding hydrogens is 332 g/mol. The third-order valence-electron chi connectivity index (χ3n) is 2.55. The molecule has 0 spiro atoms. The van der Waals surface area contributed by atoms with Crippen molar-refractivity contribution in [2.24, 2.45) is 0 Å². The molecule has 2 N–H and O–H groups in total. The Bertz CT molecular complexity index is 715. The summed E-state index contributed by atoms with van der Waals surface area (Å²) in [6, 6.07) is 10.0. The number of thiophene rings is 1. The molecule has 0 saturated heterocycles. The fourth-order valence-corrected chi connectivity index (χ4v) is 3.81. The number of sulfonamides is 1. The predicted octanol–water partition coefficient (Wildman–Crippen LogP) is 2.71. The minimum atomic E-state index is -3.53. The van der Waals surface area contributed by atoms with Gasteiger partial charge in [-0.2, -0.15) is 0 Å². The van der Waals surface area contributed by atoms with Gasteiger partial charge in [0.2, 0.25) is 15.9 Å². The van der Waals surface area contributed by atoms with E-state index in [1.807, 2.05) is 0 Å². The molecule has 0 bridgehead atoms. The van der Waals surface area contributed by atoms with Crippen LogP contribution in [-0.4, -0.2) is 20.9 Å². The normalized spacial score (nSPS) is 11.3. The van der Waals surface area contributed by atoms with Gasteiger partial charge in [0.25, 0.3) is 0 Å². The molecule has 1 aromatic heterocycles. The second-order valence-electron chi connectivity index (χ2n) is 4.11. The second-order valence-corrected chi connectivity index (χ2v) is 7.46. The summed E-state index contributed by atoms with van der Waals surface area (Å²) in [7, 11) is -3.53. The minimum absolute atomic E-state index is 0.0236. The summed E-state index contributed by atoms with van der Waals surface area (Å²) < 4.78 is 26.3. The molecular formula is C13H13ClN2O3S2. The van der Waals surface area contributed by atoms with Gasteiger partial charge < -0.3 is 5.32 Å². The molecule has 1 amide bonds. The number of carbonyl (C=O) groups excluding carboxylic acids is 1. The number of nitrogens with one attached hydrogen (secondary N) is 2. The van der Waals surface area contributed by atoms with E-state index in [0.29, 0.717) is 10.7 Å². The second kappa shape index (κ2) is 7.04. The van der Waals surface area contributed by atoms with Gasteiger partial charge in [0.05, 0.1) is 10.7 Å². The summed E-state index contributed by atoms with van der Waals surface area (Å²) in [6.45, 7) is 0.0243. The lowest BCUT2D eigenvalue weighted by atomic mass is 10.3. The maximum atomic E-state index is 11.8. The van der Waals surface area contributed by atoms with Crippen molar-refractivity contribution in [3.05, 3.63) is 46.8 Å². The van der Waals surface area contributed by atoms with E-state index in [2.05, 4.69) is 10.0 Å². The zero-order valence-corrected chi connectivity index (χ0v) is 13.3. The fraction of sp³-hybridized carbons (Fsp3) is 0.154. The van der Waals surface area contributed by atoms with Crippen LogP contribution in [0.3, 0.4) is 0 Å². The Balaban J connectivity index is 1.84. The molecule has 5 nitrogen and oxygen atoms in total. The molecule has 8 heteroatoms. The van der Waals surface area contributed by atoms with Crippen LogP contribution in [0.5, 0.6) is 0 Å². The van der Waals surface area contributed by atoms with Gasteiger partial charge in [-0.25, -0.2) is 13.1 Å². The van der Waals surface area contributed by atoms with Crippen molar-refractivity contribution in [3.63, 3.8) is 0 Å². The number of para-hydroxylation sites is 1. The quantitative estimate of drug-likeness (QED) is 0.846. The van der Waals surface area contributed by atoms with Gasteiger partial charge in [-0.05, 0) is 23.6 Å². The number of benzene rings is 1. The molecule has 1 heterocycles. The Labute approximate surface area is 132 Å². The highest BCUT2D eigenvalue weighted by molar-refractivity contribution is 7.91. The molecule has 0 aliphatic heterocycles. The van der Waals surface area contributed by atoms with Crippen molar-refractivity contribution in [2.45, 2.75) is 10.6 Å². The Morgan fingerprint density at radius 1 is 1.19 bits per heavy atom. The molecule has 0 aliphatic carbocycles. The lowest BCUT2D eigenvalue weighted by molar-refractivity contribution is -0.116. The highest BCUT2D eigenvalue weighted by Crippen LogP contribution is 2.20. The van der Waals surface area contributed by atoms with Crippen molar-refractivity contribution in [3.8, 4) is 0 Å². The fourth-order valence-electron chi connectivity index (χ4n) is 1.56. The Morgan fingerprint density at radius 3 is 2.62 bits per heavy atom. The largest absolute Gasteiger partial charge is 0.325 e. The molecule has 21 heavy (non-hydrogen) atoms. The molecule has 2 rings (SSSR count). The standard InChI is InChI=1S/C13H13ClN2O3S2/c14-10-4-1-2-5-11(10)16-12(17)7-8-15-21(18,19)13-6-3-9-20-13/h1-6,9,15H,7-8H2,(H,16,17). The summed E-state index contributed by atoms with van der Waals surface area (Å²) in [5, 5.41) is 4.74. The topological polar surface area (TPSA) is 75.3 Å². The van der Waals surface area contributed by atoms with E-state index in [0.717, 1.165) is 11.3 Å². The van der Waals surface area contributed by atoms with E-state index in [9.17, 15) is 13.2 Å². The number of halogens is 1. The first kappa shape index (κ1) is 16.0. The Hall–Kier alpha value is -1.41. The van der Waals surface area contributed by atoms with Gasteiger partial charge in [0.1, 0.15) is 4.21 Å². The molecule has 112 valence electrons. The van der Waals surface area contributed by atoms with Crippen LogP contribution in [0.4, 0.5) is 5.69 Å². The Kier molecular flexibility index (Phi) is 5.35. The number of carbonyl (C=O) groups is 1. The zero-order chi connectivity index (χ0) is 15.3. The molecule has 0 atom stereocenters. The van der Waals surface area contributed by atoms with Crippen LogP contribution in [0, 0.1) is 0 Å². The molecule has 0 saturated carbocycles.